The van der Waals surface area contributed by atoms with E-state index in [9.17, 15) is 14.4 Å². The molecule has 1 atom stereocenters. The third kappa shape index (κ3) is 5.28. The summed E-state index contributed by atoms with van der Waals surface area (Å²) >= 11 is 0.908. The van der Waals surface area contributed by atoms with E-state index >= 15 is 0 Å². The van der Waals surface area contributed by atoms with Crippen LogP contribution in [0.2, 0.25) is 0 Å². The topological polar surface area (TPSA) is 87.7 Å². The molecular formula is C20H25N3O4S. The number of nitrogens with zero attached hydrogens (tertiary/aromatic N) is 1. The normalized spacial score (nSPS) is 21.6. The van der Waals surface area contributed by atoms with Crippen LogP contribution in [0, 0.1) is 0 Å². The molecule has 1 aromatic rings. The zero-order valence-corrected chi connectivity index (χ0v) is 17.1. The number of anilines is 1. The van der Waals surface area contributed by atoms with Crippen LogP contribution in [0.1, 0.15) is 39.2 Å². The maximum atomic E-state index is 12.1. The van der Waals surface area contributed by atoms with Gasteiger partial charge >= 0.3 is 6.09 Å². The molecule has 28 heavy (non-hydrogen) atoms. The second kappa shape index (κ2) is 8.26. The van der Waals surface area contributed by atoms with Crippen molar-refractivity contribution in [1.82, 2.24) is 10.6 Å². The molecule has 0 aromatic heterocycles. The maximum absolute atomic E-state index is 12.1. The summed E-state index contributed by atoms with van der Waals surface area (Å²) < 4.78 is 5.36. The number of para-hydroxylation sites is 1. The lowest BCUT2D eigenvalue weighted by Gasteiger charge is -2.36. The predicted molar refractivity (Wildman–Crippen MR) is 110 cm³/mol. The van der Waals surface area contributed by atoms with Gasteiger partial charge in [0, 0.05) is 24.8 Å². The number of hydrogen-bond donors (Lipinski definition) is 2. The number of ether oxygens (including phenoxy) is 1. The molecule has 0 unspecified atom stereocenters. The Morgan fingerprint density at radius 3 is 2.75 bits per heavy atom. The summed E-state index contributed by atoms with van der Waals surface area (Å²) in [7, 11) is 0. The van der Waals surface area contributed by atoms with Crippen molar-refractivity contribution in [3.8, 4) is 0 Å². The number of hydrogen-bond acceptors (Lipinski definition) is 6. The fourth-order valence-corrected chi connectivity index (χ4v) is 3.92. The Morgan fingerprint density at radius 1 is 1.32 bits per heavy atom. The zero-order valence-electron chi connectivity index (χ0n) is 16.3. The highest BCUT2D eigenvalue weighted by Gasteiger charge is 2.27. The molecule has 150 valence electrons. The molecule has 0 bridgehead atoms. The molecule has 2 N–H and O–H groups in total. The number of carbonyl (C=O) groups is 3. The molecule has 7 nitrogen and oxygen atoms in total. The Morgan fingerprint density at radius 2 is 2.07 bits per heavy atom. The van der Waals surface area contributed by atoms with E-state index in [1.54, 1.807) is 6.08 Å². The summed E-state index contributed by atoms with van der Waals surface area (Å²) in [5.74, 6) is -0.368. The largest absolute Gasteiger partial charge is 0.444 e. The Bertz CT molecular complexity index is 816. The molecule has 0 aliphatic carbocycles. The first-order chi connectivity index (χ1) is 13.2. The summed E-state index contributed by atoms with van der Waals surface area (Å²) in [6.07, 6.45) is 3.14. The van der Waals surface area contributed by atoms with Crippen LogP contribution < -0.4 is 15.5 Å². The summed E-state index contributed by atoms with van der Waals surface area (Å²) in [6, 6.07) is 7.73. The second-order valence-corrected chi connectivity index (χ2v) is 8.86. The number of benzene rings is 1. The van der Waals surface area contributed by atoms with Crippen LogP contribution in [0.5, 0.6) is 0 Å². The third-order valence-corrected chi connectivity index (χ3v) is 5.16. The lowest BCUT2D eigenvalue weighted by Crippen LogP contribution is -2.49. The molecular weight excluding hydrogens is 378 g/mol. The predicted octanol–water partition coefficient (Wildman–Crippen LogP) is 3.50. The maximum Gasteiger partial charge on any atom is 0.407 e. The molecule has 2 heterocycles. The van der Waals surface area contributed by atoms with Crippen LogP contribution in [0.4, 0.5) is 15.3 Å². The van der Waals surface area contributed by atoms with Crippen molar-refractivity contribution in [2.24, 2.45) is 0 Å². The monoisotopic (exact) mass is 403 g/mol. The van der Waals surface area contributed by atoms with Crippen molar-refractivity contribution < 1.29 is 19.1 Å². The Kier molecular flexibility index (Phi) is 5.98. The van der Waals surface area contributed by atoms with Gasteiger partial charge in [0.05, 0.1) is 4.91 Å². The van der Waals surface area contributed by atoms with E-state index in [0.29, 0.717) is 11.4 Å². The van der Waals surface area contributed by atoms with E-state index < -0.39 is 11.7 Å². The first kappa shape index (κ1) is 20.3. The van der Waals surface area contributed by atoms with Crippen molar-refractivity contribution in [2.75, 3.05) is 18.0 Å². The van der Waals surface area contributed by atoms with Crippen LogP contribution in [0.15, 0.2) is 29.2 Å². The Hall–Kier alpha value is -2.48. The van der Waals surface area contributed by atoms with Gasteiger partial charge in [0.15, 0.2) is 0 Å². The van der Waals surface area contributed by atoms with Gasteiger partial charge in [0.25, 0.3) is 11.1 Å². The first-order valence-corrected chi connectivity index (χ1v) is 10.1. The lowest BCUT2D eigenvalue weighted by molar-refractivity contribution is -0.115. The average Bonchev–Trinajstić information content (AvgIpc) is 2.91. The number of nitrogens with one attached hydrogen (secondary N) is 2. The zero-order chi connectivity index (χ0) is 20.3. The second-order valence-electron chi connectivity index (χ2n) is 7.84. The van der Waals surface area contributed by atoms with Gasteiger partial charge in [-0.1, -0.05) is 18.2 Å². The minimum atomic E-state index is -0.534. The number of thioether (sulfide) groups is 1. The van der Waals surface area contributed by atoms with Crippen LogP contribution >= 0.6 is 11.8 Å². The number of imide groups is 1. The third-order valence-electron chi connectivity index (χ3n) is 4.35. The van der Waals surface area contributed by atoms with Gasteiger partial charge in [0.1, 0.15) is 5.60 Å². The standard InChI is InChI=1S/C20H25N3O4S/c1-20(2,3)27-18(25)21-14-8-6-10-23(12-14)15-9-5-4-7-13(15)11-16-17(24)22-19(26)28-16/h4-5,7,9,11,14H,6,8,10,12H2,1-3H3,(H,21,25)(H,22,24,26)/b16-11-/t14-/m1/s1. The van der Waals surface area contributed by atoms with E-state index in [0.717, 1.165) is 42.4 Å². The summed E-state index contributed by atoms with van der Waals surface area (Å²) in [5, 5.41) is 4.87. The van der Waals surface area contributed by atoms with Crippen molar-refractivity contribution in [3.05, 3.63) is 34.7 Å². The van der Waals surface area contributed by atoms with E-state index in [1.807, 2.05) is 45.0 Å². The van der Waals surface area contributed by atoms with Gasteiger partial charge in [-0.2, -0.15) is 0 Å². The Labute approximate surface area is 168 Å². The summed E-state index contributed by atoms with van der Waals surface area (Å²) in [4.78, 5) is 38.0. The molecule has 2 aliphatic heterocycles. The molecule has 0 radical (unpaired) electrons. The van der Waals surface area contributed by atoms with Crippen molar-refractivity contribution >= 4 is 40.8 Å². The summed E-state index contributed by atoms with van der Waals surface area (Å²) in [5.41, 5.74) is 1.31. The highest BCUT2D eigenvalue weighted by atomic mass is 32.2. The molecule has 3 rings (SSSR count). The number of rotatable bonds is 3. The van der Waals surface area contributed by atoms with E-state index in [2.05, 4.69) is 15.5 Å². The molecule has 2 saturated heterocycles. The van der Waals surface area contributed by atoms with Crippen molar-refractivity contribution in [3.63, 3.8) is 0 Å². The molecule has 1 aromatic carbocycles. The lowest BCUT2D eigenvalue weighted by atomic mass is 10.0. The van der Waals surface area contributed by atoms with Crippen molar-refractivity contribution in [1.29, 1.82) is 0 Å². The van der Waals surface area contributed by atoms with Gasteiger partial charge < -0.3 is 15.0 Å². The van der Waals surface area contributed by atoms with Crippen molar-refractivity contribution in [2.45, 2.75) is 45.3 Å². The number of carbonyl (C=O) groups excluding carboxylic acids is 3. The van der Waals surface area contributed by atoms with Crippen LogP contribution in [-0.4, -0.2) is 42.0 Å². The molecule has 8 heteroatoms. The fourth-order valence-electron chi connectivity index (χ4n) is 3.25. The van der Waals surface area contributed by atoms with E-state index in [-0.39, 0.29) is 17.2 Å². The molecule has 2 aliphatic rings. The van der Waals surface area contributed by atoms with Crippen LogP contribution in [0.3, 0.4) is 0 Å². The molecule has 3 amide bonds. The van der Waals surface area contributed by atoms with Gasteiger partial charge in [-0.3, -0.25) is 14.9 Å². The van der Waals surface area contributed by atoms with Gasteiger partial charge in [-0.15, -0.1) is 0 Å². The van der Waals surface area contributed by atoms with Gasteiger partial charge in [-0.25, -0.2) is 4.79 Å². The molecule has 2 fully saturated rings. The smallest absolute Gasteiger partial charge is 0.407 e. The number of alkyl carbamates (subject to hydrolysis) is 1. The van der Waals surface area contributed by atoms with E-state index in [1.165, 1.54) is 0 Å². The van der Waals surface area contributed by atoms with Crippen LogP contribution in [0.25, 0.3) is 6.08 Å². The van der Waals surface area contributed by atoms with Crippen LogP contribution in [-0.2, 0) is 9.53 Å². The fraction of sp³-hybridized carbons (Fsp3) is 0.450. The minimum Gasteiger partial charge on any atom is -0.444 e. The highest BCUT2D eigenvalue weighted by molar-refractivity contribution is 8.18. The SMILES string of the molecule is CC(C)(C)OC(=O)N[C@@H]1CCCN(c2ccccc2/C=C2\SC(=O)NC2=O)C1. The number of piperidine rings is 1. The van der Waals surface area contributed by atoms with E-state index in [4.69, 9.17) is 4.74 Å². The highest BCUT2D eigenvalue weighted by Crippen LogP contribution is 2.30. The number of amides is 3. The molecule has 0 saturated carbocycles. The molecule has 0 spiro atoms. The minimum absolute atomic E-state index is 0.0185. The Balaban J connectivity index is 1.73. The summed E-state index contributed by atoms with van der Waals surface area (Å²) in [6.45, 7) is 7.02. The first-order valence-electron chi connectivity index (χ1n) is 9.29. The quantitative estimate of drug-likeness (QED) is 0.751. The van der Waals surface area contributed by atoms with Gasteiger partial charge in [0.2, 0.25) is 0 Å². The van der Waals surface area contributed by atoms with Gasteiger partial charge in [-0.05, 0) is 63.1 Å². The average molecular weight is 404 g/mol.